The fraction of sp³-hybridized carbons (Fsp3) is 0.500. The Balaban J connectivity index is 3.20. The Kier molecular flexibility index (Phi) is 4.63. The summed E-state index contributed by atoms with van der Waals surface area (Å²) in [5, 5.41) is 23.6. The van der Waals surface area contributed by atoms with Crippen molar-refractivity contribution in [2.75, 3.05) is 13.1 Å². The minimum Gasteiger partial charge on any atom is -0.480 e. The molecule has 8 nitrogen and oxygen atoms in total. The molecule has 0 unspecified atom stereocenters. The molecule has 0 amide bonds. The van der Waals surface area contributed by atoms with Crippen LogP contribution in [0.5, 0.6) is 0 Å². The molecule has 1 aromatic heterocycles. The van der Waals surface area contributed by atoms with Crippen molar-refractivity contribution in [3.8, 4) is 6.07 Å². The predicted molar refractivity (Wildman–Crippen MR) is 64.7 cm³/mol. The van der Waals surface area contributed by atoms with Crippen LogP contribution in [-0.2, 0) is 14.8 Å². The number of aryl methyl sites for hydroxylation is 2. The van der Waals surface area contributed by atoms with Gasteiger partial charge in [-0.15, -0.1) is 0 Å². The Morgan fingerprint density at radius 2 is 2.16 bits per heavy atom. The molecule has 0 aromatic carbocycles. The molecule has 0 bridgehead atoms. The molecule has 0 spiro atoms. The first kappa shape index (κ1) is 15.1. The van der Waals surface area contributed by atoms with Crippen LogP contribution in [0.1, 0.15) is 17.8 Å². The molecule has 104 valence electrons. The third-order valence-electron chi connectivity index (χ3n) is 2.44. The molecule has 2 N–H and O–H groups in total. The molecule has 0 fully saturated rings. The summed E-state index contributed by atoms with van der Waals surface area (Å²) in [5.74, 6) is -1.28. The number of aromatic amines is 1. The molecule has 0 atom stereocenters. The maximum Gasteiger partial charge on any atom is 0.318 e. The minimum absolute atomic E-state index is 0.0355. The van der Waals surface area contributed by atoms with E-state index in [1.54, 1.807) is 6.07 Å². The van der Waals surface area contributed by atoms with Crippen LogP contribution in [0.15, 0.2) is 4.90 Å². The molecular formula is C10H14N4O4S. The van der Waals surface area contributed by atoms with Crippen molar-refractivity contribution in [2.24, 2.45) is 0 Å². The molecule has 19 heavy (non-hydrogen) atoms. The Bertz CT molecular complexity index is 594. The number of nitrogens with one attached hydrogen (secondary N) is 1. The highest BCUT2D eigenvalue weighted by Crippen LogP contribution is 2.21. The van der Waals surface area contributed by atoms with E-state index in [-0.39, 0.29) is 23.6 Å². The third kappa shape index (κ3) is 3.30. The van der Waals surface area contributed by atoms with Gasteiger partial charge in [0.15, 0.2) is 0 Å². The summed E-state index contributed by atoms with van der Waals surface area (Å²) >= 11 is 0. The van der Waals surface area contributed by atoms with Crippen molar-refractivity contribution in [1.82, 2.24) is 14.5 Å². The van der Waals surface area contributed by atoms with E-state index in [2.05, 4.69) is 10.2 Å². The maximum absolute atomic E-state index is 12.4. The second-order valence-electron chi connectivity index (χ2n) is 3.90. The number of carboxylic acids is 1. The van der Waals surface area contributed by atoms with Crippen molar-refractivity contribution in [2.45, 2.75) is 25.2 Å². The van der Waals surface area contributed by atoms with Crippen molar-refractivity contribution in [1.29, 1.82) is 5.26 Å². The molecule has 1 rings (SSSR count). The lowest BCUT2D eigenvalue weighted by atomic mass is 10.4. The molecule has 0 saturated heterocycles. The number of nitrogens with zero attached hydrogens (tertiary/aromatic N) is 3. The average Bonchev–Trinajstić information content (AvgIpc) is 2.64. The summed E-state index contributed by atoms with van der Waals surface area (Å²) < 4.78 is 25.5. The zero-order valence-electron chi connectivity index (χ0n) is 10.5. The summed E-state index contributed by atoms with van der Waals surface area (Å²) in [6.45, 7) is 2.19. The molecule has 9 heteroatoms. The topological polar surface area (TPSA) is 127 Å². The monoisotopic (exact) mass is 286 g/mol. The molecule has 0 aliphatic rings. The van der Waals surface area contributed by atoms with Crippen LogP contribution in [0, 0.1) is 25.2 Å². The standard InChI is InChI=1S/C10H14N4O4S/c1-7-10(8(2)13-12-7)19(17,18)14(5-3-4-11)6-9(15)16/h3,5-6H2,1-2H3,(H,12,13)(H,15,16). The van der Waals surface area contributed by atoms with Crippen molar-refractivity contribution < 1.29 is 18.3 Å². The number of hydrogen-bond donors (Lipinski definition) is 2. The van der Waals surface area contributed by atoms with Crippen molar-refractivity contribution >= 4 is 16.0 Å². The van der Waals surface area contributed by atoms with E-state index in [0.29, 0.717) is 5.69 Å². The number of hydrogen-bond acceptors (Lipinski definition) is 5. The van der Waals surface area contributed by atoms with E-state index in [1.807, 2.05) is 0 Å². The summed E-state index contributed by atoms with van der Waals surface area (Å²) in [7, 11) is -3.98. The summed E-state index contributed by atoms with van der Waals surface area (Å²) in [6.07, 6.45) is -0.0809. The first-order valence-electron chi connectivity index (χ1n) is 5.41. The number of H-pyrrole nitrogens is 1. The highest BCUT2D eigenvalue weighted by atomic mass is 32.2. The molecule has 0 aliphatic heterocycles. The first-order chi connectivity index (χ1) is 8.80. The lowest BCUT2D eigenvalue weighted by molar-refractivity contribution is -0.137. The van der Waals surface area contributed by atoms with Crippen LogP contribution < -0.4 is 0 Å². The molecule has 0 aliphatic carbocycles. The van der Waals surface area contributed by atoms with Gasteiger partial charge in [-0.3, -0.25) is 9.89 Å². The Morgan fingerprint density at radius 3 is 2.58 bits per heavy atom. The smallest absolute Gasteiger partial charge is 0.318 e. The van der Waals surface area contributed by atoms with Crippen LogP contribution in [0.3, 0.4) is 0 Å². The van der Waals surface area contributed by atoms with Crippen LogP contribution in [0.25, 0.3) is 0 Å². The van der Waals surface area contributed by atoms with E-state index < -0.39 is 22.5 Å². The lowest BCUT2D eigenvalue weighted by Crippen LogP contribution is -2.36. The second kappa shape index (κ2) is 5.81. The van der Waals surface area contributed by atoms with Gasteiger partial charge in [0.2, 0.25) is 10.0 Å². The quantitative estimate of drug-likeness (QED) is 0.758. The number of rotatable bonds is 6. The average molecular weight is 286 g/mol. The van der Waals surface area contributed by atoms with E-state index in [0.717, 1.165) is 4.31 Å². The van der Waals surface area contributed by atoms with Crippen molar-refractivity contribution in [3.63, 3.8) is 0 Å². The second-order valence-corrected chi connectivity index (χ2v) is 5.78. The highest BCUT2D eigenvalue weighted by molar-refractivity contribution is 7.89. The minimum atomic E-state index is -3.98. The lowest BCUT2D eigenvalue weighted by Gasteiger charge is -2.19. The third-order valence-corrected chi connectivity index (χ3v) is 4.55. The molecule has 1 aromatic rings. The molecular weight excluding hydrogens is 272 g/mol. The van der Waals surface area contributed by atoms with Gasteiger partial charge in [-0.1, -0.05) is 0 Å². The van der Waals surface area contributed by atoms with E-state index in [9.17, 15) is 13.2 Å². The van der Waals surface area contributed by atoms with Gasteiger partial charge in [0.05, 0.1) is 17.5 Å². The van der Waals surface area contributed by atoms with Crippen LogP contribution in [0.4, 0.5) is 0 Å². The van der Waals surface area contributed by atoms with Crippen molar-refractivity contribution in [3.05, 3.63) is 11.4 Å². The zero-order chi connectivity index (χ0) is 14.6. The largest absolute Gasteiger partial charge is 0.480 e. The van der Waals surface area contributed by atoms with Gasteiger partial charge >= 0.3 is 5.97 Å². The van der Waals surface area contributed by atoms with Gasteiger partial charge in [0.25, 0.3) is 0 Å². The summed E-state index contributed by atoms with van der Waals surface area (Å²) in [6, 6.07) is 1.80. The number of carbonyl (C=O) groups is 1. The fourth-order valence-electron chi connectivity index (χ4n) is 1.66. The van der Waals surface area contributed by atoms with Crippen LogP contribution in [-0.4, -0.2) is 47.1 Å². The van der Waals surface area contributed by atoms with Crippen LogP contribution in [0.2, 0.25) is 0 Å². The molecule has 0 saturated carbocycles. The number of nitriles is 1. The van der Waals surface area contributed by atoms with Gasteiger partial charge in [-0.25, -0.2) is 8.42 Å². The summed E-state index contributed by atoms with van der Waals surface area (Å²) in [5.41, 5.74) is 0.606. The maximum atomic E-state index is 12.4. The number of carboxylic acid groups (broad SMARTS) is 1. The number of sulfonamides is 1. The fourth-order valence-corrected chi connectivity index (χ4v) is 3.38. The van der Waals surface area contributed by atoms with E-state index >= 15 is 0 Å². The summed E-state index contributed by atoms with van der Waals surface area (Å²) in [4.78, 5) is 10.7. The predicted octanol–water partition coefficient (Wildman–Crippen LogP) is 0.0155. The van der Waals surface area contributed by atoms with Crippen LogP contribution >= 0.6 is 0 Å². The Labute approximate surface area is 110 Å². The molecule has 0 radical (unpaired) electrons. The zero-order valence-corrected chi connectivity index (χ0v) is 11.4. The Morgan fingerprint density at radius 1 is 1.53 bits per heavy atom. The van der Waals surface area contributed by atoms with E-state index in [4.69, 9.17) is 10.4 Å². The van der Waals surface area contributed by atoms with E-state index in [1.165, 1.54) is 13.8 Å². The van der Waals surface area contributed by atoms with Gasteiger partial charge in [0, 0.05) is 13.0 Å². The van der Waals surface area contributed by atoms with Gasteiger partial charge in [0.1, 0.15) is 11.4 Å². The number of aliphatic carboxylic acids is 1. The Hall–Kier alpha value is -1.92. The number of aromatic nitrogens is 2. The van der Waals surface area contributed by atoms with Gasteiger partial charge in [-0.05, 0) is 13.8 Å². The SMILES string of the molecule is Cc1n[nH]c(C)c1S(=O)(=O)N(CCC#N)CC(=O)O. The molecule has 1 heterocycles. The van der Waals surface area contributed by atoms with Gasteiger partial charge < -0.3 is 5.11 Å². The highest BCUT2D eigenvalue weighted by Gasteiger charge is 2.30. The van der Waals surface area contributed by atoms with Gasteiger partial charge in [-0.2, -0.15) is 14.7 Å². The first-order valence-corrected chi connectivity index (χ1v) is 6.85. The normalized spacial score (nSPS) is 11.5.